The van der Waals surface area contributed by atoms with Crippen LogP contribution in [0.1, 0.15) is 49.9 Å². The van der Waals surface area contributed by atoms with Gasteiger partial charge >= 0.3 is 0 Å². The zero-order chi connectivity index (χ0) is 14.1. The van der Waals surface area contributed by atoms with Crippen LogP contribution in [0.2, 0.25) is 0 Å². The molecule has 0 unspecified atom stereocenters. The molecule has 2 aliphatic carbocycles. The zero-order valence-corrected chi connectivity index (χ0v) is 13.1. The summed E-state index contributed by atoms with van der Waals surface area (Å²) in [6.07, 6.45) is 4.90. The van der Waals surface area contributed by atoms with Crippen molar-refractivity contribution in [3.63, 3.8) is 0 Å². The van der Waals surface area contributed by atoms with Crippen molar-refractivity contribution < 1.29 is 0 Å². The van der Waals surface area contributed by atoms with Crippen molar-refractivity contribution in [2.24, 2.45) is 10.8 Å². The molecule has 0 bridgehead atoms. The highest BCUT2D eigenvalue weighted by Crippen LogP contribution is 2.45. The topological polar surface area (TPSA) is 0 Å². The van der Waals surface area contributed by atoms with Crippen molar-refractivity contribution in [3.8, 4) is 0 Å². The van der Waals surface area contributed by atoms with Crippen LogP contribution in [0, 0.1) is 10.8 Å². The Bertz CT molecular complexity index is 599. The molecular weight excluding hydrogens is 240 g/mol. The van der Waals surface area contributed by atoms with Crippen molar-refractivity contribution in [2.75, 3.05) is 0 Å². The SMILES string of the molecule is CC1(C)Cc2ccc3c4c(ccc(c24)C1)CC(C)(C)C3. The van der Waals surface area contributed by atoms with Gasteiger partial charge < -0.3 is 0 Å². The molecule has 2 aromatic carbocycles. The quantitative estimate of drug-likeness (QED) is 0.622. The lowest BCUT2D eigenvalue weighted by Gasteiger charge is -2.37. The minimum absolute atomic E-state index is 0.409. The summed E-state index contributed by atoms with van der Waals surface area (Å²) in [6, 6.07) is 9.64. The van der Waals surface area contributed by atoms with E-state index in [-0.39, 0.29) is 0 Å². The van der Waals surface area contributed by atoms with E-state index in [1.165, 1.54) is 25.7 Å². The van der Waals surface area contributed by atoms with Gasteiger partial charge in [-0.3, -0.25) is 0 Å². The van der Waals surface area contributed by atoms with Gasteiger partial charge in [0.25, 0.3) is 0 Å². The van der Waals surface area contributed by atoms with Gasteiger partial charge in [0.2, 0.25) is 0 Å². The fourth-order valence-electron chi connectivity index (χ4n) is 4.57. The van der Waals surface area contributed by atoms with E-state index in [9.17, 15) is 0 Å². The fraction of sp³-hybridized carbons (Fsp3) is 0.500. The van der Waals surface area contributed by atoms with Gasteiger partial charge in [0.1, 0.15) is 0 Å². The maximum Gasteiger partial charge on any atom is -0.0114 e. The minimum Gasteiger partial charge on any atom is -0.0593 e. The molecule has 2 aliphatic rings. The van der Waals surface area contributed by atoms with Crippen LogP contribution in [-0.2, 0) is 25.7 Å². The van der Waals surface area contributed by atoms with E-state index in [0.29, 0.717) is 10.8 Å². The summed E-state index contributed by atoms with van der Waals surface area (Å²) in [5.41, 5.74) is 7.14. The van der Waals surface area contributed by atoms with Crippen LogP contribution in [0.25, 0.3) is 10.8 Å². The minimum atomic E-state index is 0.409. The first-order chi connectivity index (χ1) is 9.35. The second kappa shape index (κ2) is 3.67. The van der Waals surface area contributed by atoms with Crippen molar-refractivity contribution in [2.45, 2.75) is 53.4 Å². The highest BCUT2D eigenvalue weighted by atomic mass is 14.4. The summed E-state index contributed by atoms with van der Waals surface area (Å²) in [7, 11) is 0. The largest absolute Gasteiger partial charge is 0.0593 e. The molecule has 0 N–H and O–H groups in total. The van der Waals surface area contributed by atoms with Gasteiger partial charge in [0, 0.05) is 0 Å². The normalized spacial score (nSPS) is 22.0. The predicted molar refractivity (Wildman–Crippen MR) is 86.3 cm³/mol. The Morgan fingerprint density at radius 2 is 0.800 bits per heavy atom. The second-order valence-electron chi connectivity index (χ2n) is 8.55. The Hall–Kier alpha value is -1.30. The molecule has 20 heavy (non-hydrogen) atoms. The standard InChI is InChI=1S/C20H24/c1-19(2)9-13-5-7-15-11-20(3,4)12-16-8-6-14(10-19)17(13)18(15)16/h5-8H,9-12H2,1-4H3. The van der Waals surface area contributed by atoms with Crippen molar-refractivity contribution in [3.05, 3.63) is 46.5 Å². The Kier molecular flexibility index (Phi) is 2.28. The van der Waals surface area contributed by atoms with E-state index >= 15 is 0 Å². The predicted octanol–water partition coefficient (Wildman–Crippen LogP) is 5.09. The molecule has 0 saturated heterocycles. The fourth-order valence-corrected chi connectivity index (χ4v) is 4.57. The summed E-state index contributed by atoms with van der Waals surface area (Å²) in [4.78, 5) is 0. The molecule has 0 amide bonds. The Balaban J connectivity index is 2.04. The Morgan fingerprint density at radius 1 is 0.550 bits per heavy atom. The molecule has 0 spiro atoms. The number of rotatable bonds is 0. The highest BCUT2D eigenvalue weighted by molar-refractivity contribution is 5.95. The third kappa shape index (κ3) is 1.74. The summed E-state index contributed by atoms with van der Waals surface area (Å²) in [5.74, 6) is 0. The van der Waals surface area contributed by atoms with E-state index in [1.54, 1.807) is 33.0 Å². The molecule has 0 heteroatoms. The maximum atomic E-state index is 2.41. The van der Waals surface area contributed by atoms with Crippen LogP contribution in [0.3, 0.4) is 0 Å². The van der Waals surface area contributed by atoms with Gasteiger partial charge in [0.05, 0.1) is 0 Å². The average Bonchev–Trinajstić information content (AvgIpc) is 2.32. The molecule has 0 fully saturated rings. The van der Waals surface area contributed by atoms with Gasteiger partial charge in [-0.1, -0.05) is 52.0 Å². The Morgan fingerprint density at radius 3 is 1.05 bits per heavy atom. The molecule has 0 nitrogen and oxygen atoms in total. The van der Waals surface area contributed by atoms with Crippen LogP contribution in [-0.4, -0.2) is 0 Å². The second-order valence-corrected chi connectivity index (χ2v) is 8.55. The highest BCUT2D eigenvalue weighted by Gasteiger charge is 2.32. The number of hydrogen-bond acceptors (Lipinski definition) is 0. The molecule has 0 saturated carbocycles. The monoisotopic (exact) mass is 264 g/mol. The van der Waals surface area contributed by atoms with Crippen LogP contribution >= 0.6 is 0 Å². The number of hydrogen-bond donors (Lipinski definition) is 0. The van der Waals surface area contributed by atoms with Crippen LogP contribution in [0.4, 0.5) is 0 Å². The first-order valence-electron chi connectivity index (χ1n) is 7.90. The lowest BCUT2D eigenvalue weighted by atomic mass is 9.68. The van der Waals surface area contributed by atoms with Crippen LogP contribution in [0.15, 0.2) is 24.3 Å². The van der Waals surface area contributed by atoms with Gasteiger partial charge in [-0.2, -0.15) is 0 Å². The van der Waals surface area contributed by atoms with E-state index in [0.717, 1.165) is 0 Å². The van der Waals surface area contributed by atoms with Gasteiger partial charge in [0.15, 0.2) is 0 Å². The molecule has 104 valence electrons. The lowest BCUT2D eigenvalue weighted by Crippen LogP contribution is -2.26. The van der Waals surface area contributed by atoms with Crippen LogP contribution < -0.4 is 0 Å². The third-order valence-electron chi connectivity index (χ3n) is 5.18. The van der Waals surface area contributed by atoms with Gasteiger partial charge in [-0.05, 0) is 69.5 Å². The summed E-state index contributed by atoms with van der Waals surface area (Å²) < 4.78 is 0. The van der Waals surface area contributed by atoms with E-state index in [2.05, 4.69) is 52.0 Å². The van der Waals surface area contributed by atoms with Crippen molar-refractivity contribution >= 4 is 10.8 Å². The molecule has 0 heterocycles. The molecular formula is C20H24. The van der Waals surface area contributed by atoms with Gasteiger partial charge in [-0.25, -0.2) is 0 Å². The van der Waals surface area contributed by atoms with E-state index in [4.69, 9.17) is 0 Å². The van der Waals surface area contributed by atoms with E-state index < -0.39 is 0 Å². The first kappa shape index (κ1) is 12.4. The molecule has 4 rings (SSSR count). The zero-order valence-electron chi connectivity index (χ0n) is 13.1. The summed E-state index contributed by atoms with van der Waals surface area (Å²) in [6.45, 7) is 9.61. The summed E-state index contributed by atoms with van der Waals surface area (Å²) in [5, 5.41) is 3.21. The van der Waals surface area contributed by atoms with Gasteiger partial charge in [-0.15, -0.1) is 0 Å². The van der Waals surface area contributed by atoms with Crippen LogP contribution in [0.5, 0.6) is 0 Å². The lowest BCUT2D eigenvalue weighted by molar-refractivity contribution is 0.349. The molecule has 0 radical (unpaired) electrons. The Labute approximate surface area is 122 Å². The molecule has 0 aromatic heterocycles. The molecule has 2 aromatic rings. The van der Waals surface area contributed by atoms with E-state index in [1.807, 2.05) is 0 Å². The molecule has 0 aliphatic heterocycles. The first-order valence-corrected chi connectivity index (χ1v) is 7.90. The van der Waals surface area contributed by atoms with Crippen molar-refractivity contribution in [1.82, 2.24) is 0 Å². The average molecular weight is 264 g/mol. The maximum absolute atomic E-state index is 2.41. The number of benzene rings is 2. The smallest absolute Gasteiger partial charge is 0.0114 e. The third-order valence-corrected chi connectivity index (χ3v) is 5.18. The molecule has 0 atom stereocenters. The summed E-state index contributed by atoms with van der Waals surface area (Å²) >= 11 is 0. The van der Waals surface area contributed by atoms with Crippen molar-refractivity contribution in [1.29, 1.82) is 0 Å².